The zero-order valence-corrected chi connectivity index (χ0v) is 10.6. The summed E-state index contributed by atoms with van der Waals surface area (Å²) in [7, 11) is 0. The van der Waals surface area contributed by atoms with Gasteiger partial charge in [0.1, 0.15) is 0 Å². The standard InChI is InChI=1S/C14H20N2O/c1-11-8-12(2)10-13(9-11)14(17)16-6-3-4-15-5-7-16/h8-10,15H,3-7H2,1-2H3. The van der Waals surface area contributed by atoms with Crippen molar-refractivity contribution >= 4 is 5.91 Å². The number of amides is 1. The molecule has 1 aromatic carbocycles. The van der Waals surface area contributed by atoms with E-state index >= 15 is 0 Å². The first-order valence-corrected chi connectivity index (χ1v) is 6.25. The van der Waals surface area contributed by atoms with Crippen LogP contribution in [-0.4, -0.2) is 37.0 Å². The second kappa shape index (κ2) is 5.32. The van der Waals surface area contributed by atoms with Crippen LogP contribution < -0.4 is 5.32 Å². The van der Waals surface area contributed by atoms with Gasteiger partial charge in [-0.25, -0.2) is 0 Å². The molecule has 3 nitrogen and oxygen atoms in total. The van der Waals surface area contributed by atoms with E-state index in [2.05, 4.69) is 11.4 Å². The Hall–Kier alpha value is -1.35. The summed E-state index contributed by atoms with van der Waals surface area (Å²) in [6, 6.07) is 6.06. The number of benzene rings is 1. The minimum Gasteiger partial charge on any atom is -0.337 e. The first kappa shape index (κ1) is 12.1. The van der Waals surface area contributed by atoms with E-state index in [0.29, 0.717) is 0 Å². The van der Waals surface area contributed by atoms with Gasteiger partial charge in [0.2, 0.25) is 0 Å². The fraction of sp³-hybridized carbons (Fsp3) is 0.500. The quantitative estimate of drug-likeness (QED) is 0.800. The van der Waals surface area contributed by atoms with E-state index in [0.717, 1.165) is 49.3 Å². The molecular weight excluding hydrogens is 212 g/mol. The molecule has 1 heterocycles. The maximum atomic E-state index is 12.4. The third-order valence-corrected chi connectivity index (χ3v) is 3.10. The van der Waals surface area contributed by atoms with E-state index in [1.807, 2.05) is 30.9 Å². The van der Waals surface area contributed by atoms with Crippen molar-refractivity contribution in [2.24, 2.45) is 0 Å². The molecule has 1 N–H and O–H groups in total. The predicted molar refractivity (Wildman–Crippen MR) is 69.3 cm³/mol. The average molecular weight is 232 g/mol. The Morgan fingerprint density at radius 1 is 1.12 bits per heavy atom. The highest BCUT2D eigenvalue weighted by molar-refractivity contribution is 5.94. The third-order valence-electron chi connectivity index (χ3n) is 3.10. The highest BCUT2D eigenvalue weighted by Crippen LogP contribution is 2.12. The molecule has 1 aliphatic heterocycles. The molecule has 17 heavy (non-hydrogen) atoms. The van der Waals surface area contributed by atoms with Crippen LogP contribution in [0.25, 0.3) is 0 Å². The van der Waals surface area contributed by atoms with Crippen molar-refractivity contribution in [1.82, 2.24) is 10.2 Å². The highest BCUT2D eigenvalue weighted by Gasteiger charge is 2.17. The minimum absolute atomic E-state index is 0.167. The molecule has 1 fully saturated rings. The summed E-state index contributed by atoms with van der Waals surface area (Å²) in [6.07, 6.45) is 1.04. The summed E-state index contributed by atoms with van der Waals surface area (Å²) in [4.78, 5) is 14.3. The van der Waals surface area contributed by atoms with E-state index in [1.54, 1.807) is 0 Å². The Morgan fingerprint density at radius 3 is 2.53 bits per heavy atom. The van der Waals surface area contributed by atoms with Crippen molar-refractivity contribution < 1.29 is 4.79 Å². The van der Waals surface area contributed by atoms with Crippen LogP contribution in [-0.2, 0) is 0 Å². The van der Waals surface area contributed by atoms with Crippen molar-refractivity contribution in [3.8, 4) is 0 Å². The molecule has 1 aromatic rings. The summed E-state index contributed by atoms with van der Waals surface area (Å²) < 4.78 is 0. The zero-order valence-electron chi connectivity index (χ0n) is 10.6. The Bertz CT molecular complexity index is 386. The van der Waals surface area contributed by atoms with Gasteiger partial charge in [0.25, 0.3) is 5.91 Å². The summed E-state index contributed by atoms with van der Waals surface area (Å²) in [5.41, 5.74) is 3.13. The number of nitrogens with one attached hydrogen (secondary N) is 1. The molecule has 3 heteroatoms. The second-order valence-electron chi connectivity index (χ2n) is 4.77. The van der Waals surface area contributed by atoms with Crippen LogP contribution in [0.15, 0.2) is 18.2 Å². The van der Waals surface area contributed by atoms with E-state index in [-0.39, 0.29) is 5.91 Å². The summed E-state index contributed by atoms with van der Waals surface area (Å²) in [5, 5.41) is 3.31. The van der Waals surface area contributed by atoms with Crippen LogP contribution >= 0.6 is 0 Å². The minimum atomic E-state index is 0.167. The summed E-state index contributed by atoms with van der Waals surface area (Å²) in [5.74, 6) is 0.167. The smallest absolute Gasteiger partial charge is 0.253 e. The van der Waals surface area contributed by atoms with Crippen LogP contribution in [0.2, 0.25) is 0 Å². The lowest BCUT2D eigenvalue weighted by Gasteiger charge is -2.20. The number of aryl methyl sites for hydroxylation is 2. The first-order chi connectivity index (χ1) is 8.16. The Kier molecular flexibility index (Phi) is 3.79. The number of hydrogen-bond donors (Lipinski definition) is 1. The number of carbonyl (C=O) groups excluding carboxylic acids is 1. The monoisotopic (exact) mass is 232 g/mol. The summed E-state index contributed by atoms with van der Waals surface area (Å²) >= 11 is 0. The lowest BCUT2D eigenvalue weighted by atomic mass is 10.1. The molecule has 1 amide bonds. The Balaban J connectivity index is 2.17. The van der Waals surface area contributed by atoms with Gasteiger partial charge in [0, 0.05) is 25.2 Å². The lowest BCUT2D eigenvalue weighted by molar-refractivity contribution is 0.0766. The largest absolute Gasteiger partial charge is 0.337 e. The molecule has 0 saturated carbocycles. The molecule has 1 aliphatic rings. The van der Waals surface area contributed by atoms with Gasteiger partial charge in [-0.3, -0.25) is 4.79 Å². The maximum Gasteiger partial charge on any atom is 0.253 e. The zero-order chi connectivity index (χ0) is 12.3. The van der Waals surface area contributed by atoms with Crippen molar-refractivity contribution in [2.45, 2.75) is 20.3 Å². The fourth-order valence-electron chi connectivity index (χ4n) is 2.33. The van der Waals surface area contributed by atoms with E-state index in [4.69, 9.17) is 0 Å². The molecule has 0 spiro atoms. The molecule has 92 valence electrons. The van der Waals surface area contributed by atoms with E-state index in [1.165, 1.54) is 0 Å². The van der Waals surface area contributed by atoms with Crippen LogP contribution in [0.1, 0.15) is 27.9 Å². The van der Waals surface area contributed by atoms with Crippen molar-refractivity contribution in [1.29, 1.82) is 0 Å². The van der Waals surface area contributed by atoms with Crippen LogP contribution in [0.3, 0.4) is 0 Å². The van der Waals surface area contributed by atoms with E-state index < -0.39 is 0 Å². The third kappa shape index (κ3) is 3.07. The fourth-order valence-corrected chi connectivity index (χ4v) is 2.33. The second-order valence-corrected chi connectivity index (χ2v) is 4.77. The Labute approximate surface area is 103 Å². The molecule has 2 rings (SSSR count). The van der Waals surface area contributed by atoms with Gasteiger partial charge in [-0.15, -0.1) is 0 Å². The molecule has 0 radical (unpaired) electrons. The van der Waals surface area contributed by atoms with Crippen molar-refractivity contribution in [3.63, 3.8) is 0 Å². The molecule has 0 unspecified atom stereocenters. The number of hydrogen-bond acceptors (Lipinski definition) is 2. The van der Waals surface area contributed by atoms with Crippen LogP contribution in [0, 0.1) is 13.8 Å². The number of carbonyl (C=O) groups is 1. The SMILES string of the molecule is Cc1cc(C)cc(C(=O)N2CCCNCC2)c1. The summed E-state index contributed by atoms with van der Waals surface area (Å²) in [6.45, 7) is 7.65. The van der Waals surface area contributed by atoms with Crippen LogP contribution in [0.5, 0.6) is 0 Å². The molecule has 1 saturated heterocycles. The van der Waals surface area contributed by atoms with Gasteiger partial charge in [0.15, 0.2) is 0 Å². The number of nitrogens with zero attached hydrogens (tertiary/aromatic N) is 1. The molecular formula is C14H20N2O. The normalized spacial score (nSPS) is 16.7. The lowest BCUT2D eigenvalue weighted by Crippen LogP contribution is -2.34. The van der Waals surface area contributed by atoms with Gasteiger partial charge < -0.3 is 10.2 Å². The van der Waals surface area contributed by atoms with Gasteiger partial charge in [-0.1, -0.05) is 17.2 Å². The molecule has 0 aliphatic carbocycles. The molecule has 0 bridgehead atoms. The topological polar surface area (TPSA) is 32.3 Å². The van der Waals surface area contributed by atoms with Gasteiger partial charge in [-0.2, -0.15) is 0 Å². The van der Waals surface area contributed by atoms with Crippen molar-refractivity contribution in [3.05, 3.63) is 34.9 Å². The molecule has 0 atom stereocenters. The molecule has 0 aromatic heterocycles. The van der Waals surface area contributed by atoms with Crippen molar-refractivity contribution in [2.75, 3.05) is 26.2 Å². The average Bonchev–Trinajstić information content (AvgIpc) is 2.55. The first-order valence-electron chi connectivity index (χ1n) is 6.25. The number of rotatable bonds is 1. The van der Waals surface area contributed by atoms with Gasteiger partial charge >= 0.3 is 0 Å². The predicted octanol–water partition coefficient (Wildman–Crippen LogP) is 1.74. The van der Waals surface area contributed by atoms with Gasteiger partial charge in [-0.05, 0) is 38.9 Å². The Morgan fingerprint density at radius 2 is 1.82 bits per heavy atom. The van der Waals surface area contributed by atoms with Crippen LogP contribution in [0.4, 0.5) is 0 Å². The van der Waals surface area contributed by atoms with Gasteiger partial charge in [0.05, 0.1) is 0 Å². The van der Waals surface area contributed by atoms with E-state index in [9.17, 15) is 4.79 Å². The highest BCUT2D eigenvalue weighted by atomic mass is 16.2. The maximum absolute atomic E-state index is 12.4.